The molecule has 0 bridgehead atoms. The van der Waals surface area contributed by atoms with Crippen molar-refractivity contribution in [2.75, 3.05) is 19.8 Å². The minimum atomic E-state index is -0.131. The summed E-state index contributed by atoms with van der Waals surface area (Å²) in [5.41, 5.74) is 6.70. The SMILES string of the molecule is Cn1cc(C(CN)OCCOc2ccccc2)cn1. The Morgan fingerprint density at radius 1 is 1.26 bits per heavy atom. The van der Waals surface area contributed by atoms with Gasteiger partial charge in [0.05, 0.1) is 18.9 Å². The molecular formula is C14H19N3O2. The van der Waals surface area contributed by atoms with Crippen LogP contribution in [0, 0.1) is 0 Å². The van der Waals surface area contributed by atoms with Crippen LogP contribution in [0.4, 0.5) is 0 Å². The fourth-order valence-electron chi connectivity index (χ4n) is 1.77. The van der Waals surface area contributed by atoms with Crippen molar-refractivity contribution in [2.24, 2.45) is 12.8 Å². The zero-order valence-corrected chi connectivity index (χ0v) is 11.0. The van der Waals surface area contributed by atoms with Crippen molar-refractivity contribution in [1.29, 1.82) is 0 Å². The number of aromatic nitrogens is 2. The second-order valence-corrected chi connectivity index (χ2v) is 4.20. The Hall–Kier alpha value is -1.85. The summed E-state index contributed by atoms with van der Waals surface area (Å²) in [6.45, 7) is 1.42. The maximum Gasteiger partial charge on any atom is 0.119 e. The molecule has 19 heavy (non-hydrogen) atoms. The van der Waals surface area contributed by atoms with Crippen LogP contribution in [0.25, 0.3) is 0 Å². The summed E-state index contributed by atoms with van der Waals surface area (Å²) in [7, 11) is 1.87. The first-order chi connectivity index (χ1) is 9.29. The van der Waals surface area contributed by atoms with Crippen molar-refractivity contribution < 1.29 is 9.47 Å². The number of hydrogen-bond acceptors (Lipinski definition) is 4. The second kappa shape index (κ2) is 6.92. The fraction of sp³-hybridized carbons (Fsp3) is 0.357. The highest BCUT2D eigenvalue weighted by Gasteiger charge is 2.11. The van der Waals surface area contributed by atoms with E-state index in [0.717, 1.165) is 11.3 Å². The average molecular weight is 261 g/mol. The van der Waals surface area contributed by atoms with Gasteiger partial charge in [0.2, 0.25) is 0 Å². The lowest BCUT2D eigenvalue weighted by atomic mass is 10.2. The van der Waals surface area contributed by atoms with E-state index in [1.807, 2.05) is 43.6 Å². The van der Waals surface area contributed by atoms with Crippen LogP contribution in [0.5, 0.6) is 5.75 Å². The predicted molar refractivity (Wildman–Crippen MR) is 72.9 cm³/mol. The van der Waals surface area contributed by atoms with Crippen LogP contribution in [0.1, 0.15) is 11.7 Å². The molecule has 1 aromatic heterocycles. The molecule has 0 spiro atoms. The Morgan fingerprint density at radius 3 is 2.68 bits per heavy atom. The molecule has 0 aliphatic heterocycles. The average Bonchev–Trinajstić information content (AvgIpc) is 2.86. The minimum absolute atomic E-state index is 0.131. The molecule has 5 nitrogen and oxygen atoms in total. The molecule has 0 radical (unpaired) electrons. The summed E-state index contributed by atoms with van der Waals surface area (Å²) in [5, 5.41) is 4.11. The molecule has 102 valence electrons. The van der Waals surface area contributed by atoms with Gasteiger partial charge in [-0.2, -0.15) is 5.10 Å². The van der Waals surface area contributed by atoms with E-state index >= 15 is 0 Å². The number of hydrogen-bond donors (Lipinski definition) is 1. The lowest BCUT2D eigenvalue weighted by Crippen LogP contribution is -2.18. The molecule has 1 aromatic carbocycles. The number of ether oxygens (including phenoxy) is 2. The van der Waals surface area contributed by atoms with Gasteiger partial charge in [-0.1, -0.05) is 18.2 Å². The van der Waals surface area contributed by atoms with Crippen molar-refractivity contribution in [3.8, 4) is 5.75 Å². The van der Waals surface area contributed by atoms with Gasteiger partial charge in [0.25, 0.3) is 0 Å². The number of aryl methyl sites for hydroxylation is 1. The Bertz CT molecular complexity index is 484. The number of benzene rings is 1. The third-order valence-electron chi connectivity index (χ3n) is 2.73. The maximum atomic E-state index is 5.71. The molecule has 2 N–H and O–H groups in total. The lowest BCUT2D eigenvalue weighted by Gasteiger charge is -2.14. The van der Waals surface area contributed by atoms with Gasteiger partial charge >= 0.3 is 0 Å². The van der Waals surface area contributed by atoms with E-state index in [1.54, 1.807) is 10.9 Å². The van der Waals surface area contributed by atoms with Crippen LogP contribution in [0.3, 0.4) is 0 Å². The Balaban J connectivity index is 1.75. The van der Waals surface area contributed by atoms with Crippen molar-refractivity contribution in [1.82, 2.24) is 9.78 Å². The molecule has 0 aliphatic rings. The van der Waals surface area contributed by atoms with Gasteiger partial charge in [-0.3, -0.25) is 4.68 Å². The molecule has 1 atom stereocenters. The smallest absolute Gasteiger partial charge is 0.119 e. The van der Waals surface area contributed by atoms with E-state index in [1.165, 1.54) is 0 Å². The van der Waals surface area contributed by atoms with E-state index in [4.69, 9.17) is 15.2 Å². The Morgan fingerprint density at radius 2 is 2.05 bits per heavy atom. The molecule has 2 aromatic rings. The number of nitrogens with zero attached hydrogens (tertiary/aromatic N) is 2. The summed E-state index contributed by atoms with van der Waals surface area (Å²) in [4.78, 5) is 0. The van der Waals surface area contributed by atoms with Crippen LogP contribution in [-0.4, -0.2) is 29.5 Å². The van der Waals surface area contributed by atoms with Crippen molar-refractivity contribution in [3.05, 3.63) is 48.3 Å². The Kier molecular flexibility index (Phi) is 4.94. The highest BCUT2D eigenvalue weighted by molar-refractivity contribution is 5.20. The van der Waals surface area contributed by atoms with Crippen LogP contribution >= 0.6 is 0 Å². The first-order valence-electron chi connectivity index (χ1n) is 6.27. The van der Waals surface area contributed by atoms with Crippen LogP contribution in [-0.2, 0) is 11.8 Å². The van der Waals surface area contributed by atoms with Gasteiger partial charge < -0.3 is 15.2 Å². The van der Waals surface area contributed by atoms with Crippen LogP contribution < -0.4 is 10.5 Å². The fourth-order valence-corrected chi connectivity index (χ4v) is 1.77. The normalized spacial score (nSPS) is 12.3. The van der Waals surface area contributed by atoms with E-state index in [-0.39, 0.29) is 6.10 Å². The van der Waals surface area contributed by atoms with Crippen molar-refractivity contribution >= 4 is 0 Å². The summed E-state index contributed by atoms with van der Waals surface area (Å²) in [5.74, 6) is 0.844. The van der Waals surface area contributed by atoms with E-state index < -0.39 is 0 Å². The topological polar surface area (TPSA) is 62.3 Å². The van der Waals surface area contributed by atoms with E-state index in [0.29, 0.717) is 19.8 Å². The maximum absolute atomic E-state index is 5.71. The minimum Gasteiger partial charge on any atom is -0.491 e. The number of rotatable bonds is 7. The molecule has 5 heteroatoms. The van der Waals surface area contributed by atoms with Crippen molar-refractivity contribution in [2.45, 2.75) is 6.10 Å². The molecule has 0 saturated carbocycles. The standard InChI is InChI=1S/C14H19N3O2/c1-17-11-12(10-16-17)14(9-15)19-8-7-18-13-5-3-2-4-6-13/h2-6,10-11,14H,7-9,15H2,1H3. The van der Waals surface area contributed by atoms with Crippen LogP contribution in [0.15, 0.2) is 42.7 Å². The van der Waals surface area contributed by atoms with Gasteiger partial charge in [0.1, 0.15) is 12.4 Å². The van der Waals surface area contributed by atoms with E-state index in [2.05, 4.69) is 5.10 Å². The molecular weight excluding hydrogens is 242 g/mol. The molecule has 2 rings (SSSR count). The summed E-state index contributed by atoms with van der Waals surface area (Å²) >= 11 is 0. The summed E-state index contributed by atoms with van der Waals surface area (Å²) in [6.07, 6.45) is 3.55. The van der Waals surface area contributed by atoms with Gasteiger partial charge in [-0.05, 0) is 12.1 Å². The van der Waals surface area contributed by atoms with Gasteiger partial charge in [0, 0.05) is 25.4 Å². The highest BCUT2D eigenvalue weighted by atomic mass is 16.5. The monoisotopic (exact) mass is 261 g/mol. The number of para-hydroxylation sites is 1. The van der Waals surface area contributed by atoms with Crippen molar-refractivity contribution in [3.63, 3.8) is 0 Å². The first-order valence-corrected chi connectivity index (χ1v) is 6.27. The molecule has 1 heterocycles. The summed E-state index contributed by atoms with van der Waals surface area (Å²) < 4.78 is 13.0. The molecule has 0 fully saturated rings. The first kappa shape index (κ1) is 13.6. The van der Waals surface area contributed by atoms with Crippen LogP contribution in [0.2, 0.25) is 0 Å². The third-order valence-corrected chi connectivity index (χ3v) is 2.73. The largest absolute Gasteiger partial charge is 0.491 e. The quantitative estimate of drug-likeness (QED) is 0.767. The summed E-state index contributed by atoms with van der Waals surface area (Å²) in [6, 6.07) is 9.67. The van der Waals surface area contributed by atoms with Gasteiger partial charge in [-0.25, -0.2) is 0 Å². The molecule has 0 saturated heterocycles. The zero-order chi connectivity index (χ0) is 13.5. The van der Waals surface area contributed by atoms with Gasteiger partial charge in [-0.15, -0.1) is 0 Å². The number of nitrogens with two attached hydrogens (primary N) is 1. The Labute approximate surface area is 112 Å². The molecule has 0 amide bonds. The molecule has 0 aliphatic carbocycles. The van der Waals surface area contributed by atoms with E-state index in [9.17, 15) is 0 Å². The van der Waals surface area contributed by atoms with Gasteiger partial charge in [0.15, 0.2) is 0 Å². The second-order valence-electron chi connectivity index (χ2n) is 4.20. The molecule has 1 unspecified atom stereocenters. The lowest BCUT2D eigenvalue weighted by molar-refractivity contribution is 0.0380. The highest BCUT2D eigenvalue weighted by Crippen LogP contribution is 2.15. The predicted octanol–water partition coefficient (Wildman–Crippen LogP) is 1.52. The zero-order valence-electron chi connectivity index (χ0n) is 11.0. The third kappa shape index (κ3) is 4.08.